The van der Waals surface area contributed by atoms with Crippen LogP contribution in [0.5, 0.6) is 0 Å². The van der Waals surface area contributed by atoms with Gasteiger partial charge in [0.2, 0.25) is 0 Å². The summed E-state index contributed by atoms with van der Waals surface area (Å²) in [7, 11) is 0. The minimum atomic E-state index is -0.876. The number of rotatable bonds is 17. The highest BCUT2D eigenvalue weighted by Gasteiger charge is 2.43. The van der Waals surface area contributed by atoms with Crippen molar-refractivity contribution in [1.29, 1.82) is 0 Å². The van der Waals surface area contributed by atoms with Gasteiger partial charge in [0.15, 0.2) is 0 Å². The number of aliphatic hydroxyl groups is 2. The first-order valence-electron chi connectivity index (χ1n) is 26.5. The third-order valence-electron chi connectivity index (χ3n) is 14.6. The van der Waals surface area contributed by atoms with Crippen molar-refractivity contribution in [1.82, 2.24) is 19.6 Å². The van der Waals surface area contributed by atoms with E-state index in [0.29, 0.717) is 29.9 Å². The summed E-state index contributed by atoms with van der Waals surface area (Å²) >= 11 is 0. The number of aliphatic hydroxyl groups excluding tert-OH is 2. The van der Waals surface area contributed by atoms with Gasteiger partial charge in [-0.25, -0.2) is 9.36 Å². The highest BCUT2D eigenvalue weighted by Crippen LogP contribution is 2.46. The molecule has 6 N–H and O–H groups in total. The standard InChI is InChI=1S/C34H28N4O3.C34H30N4O/c39-23-22-35-29-18-16-25(17-19-29)33-31-24-30(38(40)41)20-21-32(31)37(36-33)34(26-10-4-1-5-11-26,27-12-6-2-7-13-27)28-14-8-3-9-15-28;35-29-18-21-32-31(24-29)33(25-16-19-30(20-17-25)36-22-23-39)37-38(32)34(26-10-4-1-5-11-26,27-12-6-2-7-13-27)28-14-8-3-9-15-28/h1-21,24,35,39H,22-23H2;1-21,24,36,39H,22-23,35H2. The number of hydrogen-bond donors (Lipinski definition) is 5. The Kier molecular flexibility index (Phi) is 15.1. The van der Waals surface area contributed by atoms with Crippen molar-refractivity contribution < 1.29 is 15.1 Å². The van der Waals surface area contributed by atoms with Gasteiger partial charge in [0.1, 0.15) is 22.5 Å². The number of anilines is 3. The first-order valence-corrected chi connectivity index (χ1v) is 26.5. The van der Waals surface area contributed by atoms with E-state index in [1.54, 1.807) is 12.1 Å². The van der Waals surface area contributed by atoms with Crippen LogP contribution in [0.15, 0.2) is 267 Å². The van der Waals surface area contributed by atoms with Gasteiger partial charge in [-0.15, -0.1) is 0 Å². The number of nitro groups is 1. The quantitative estimate of drug-likeness (QED) is 0.0258. The number of hydrogen-bond acceptors (Lipinski definition) is 9. The van der Waals surface area contributed by atoms with Crippen LogP contribution in [0, 0.1) is 10.1 Å². The van der Waals surface area contributed by atoms with E-state index in [-0.39, 0.29) is 23.8 Å². The molecule has 0 amide bonds. The molecular formula is C68H58N8O4. The summed E-state index contributed by atoms with van der Waals surface area (Å²) in [5.41, 5.74) is 18.7. The van der Waals surface area contributed by atoms with Crippen LogP contribution in [-0.2, 0) is 11.1 Å². The van der Waals surface area contributed by atoms with Crippen molar-refractivity contribution in [3.05, 3.63) is 310 Å². The van der Waals surface area contributed by atoms with Gasteiger partial charge in [0.05, 0.1) is 29.2 Å². The monoisotopic (exact) mass is 1050 g/mol. The van der Waals surface area contributed by atoms with E-state index < -0.39 is 11.1 Å². The van der Waals surface area contributed by atoms with Crippen molar-refractivity contribution in [3.8, 4) is 22.5 Å². The third kappa shape index (κ3) is 9.81. The van der Waals surface area contributed by atoms with Crippen molar-refractivity contribution in [2.75, 3.05) is 42.7 Å². The fourth-order valence-corrected chi connectivity index (χ4v) is 11.0. The zero-order valence-electron chi connectivity index (χ0n) is 43.8. The van der Waals surface area contributed by atoms with Gasteiger partial charge in [-0.3, -0.25) is 10.1 Å². The molecule has 12 nitrogen and oxygen atoms in total. The highest BCUT2D eigenvalue weighted by molar-refractivity contribution is 5.97. The predicted octanol–water partition coefficient (Wildman–Crippen LogP) is 13.4. The van der Waals surface area contributed by atoms with Gasteiger partial charge in [-0.1, -0.05) is 206 Å². The lowest BCUT2D eigenvalue weighted by molar-refractivity contribution is -0.384. The Hall–Kier alpha value is -10.1. The van der Waals surface area contributed by atoms with Crippen molar-refractivity contribution >= 4 is 44.6 Å². The SMILES string of the molecule is Nc1ccc2c(c1)c(-c1ccc(NCCO)cc1)nn2C(c1ccccc1)(c1ccccc1)c1ccccc1.O=[N+]([O-])c1ccc2c(c1)c(-c1ccc(NCCO)cc1)nn2C(c1ccccc1)(c1ccccc1)c1ccccc1. The molecule has 0 aliphatic heterocycles. The molecule has 0 radical (unpaired) electrons. The Morgan fingerprint density at radius 2 is 0.738 bits per heavy atom. The normalized spacial score (nSPS) is 11.5. The summed E-state index contributed by atoms with van der Waals surface area (Å²) in [6, 6.07) is 89.2. The van der Waals surface area contributed by atoms with Gasteiger partial charge >= 0.3 is 0 Å². The third-order valence-corrected chi connectivity index (χ3v) is 14.6. The van der Waals surface area contributed by atoms with Crippen molar-refractivity contribution in [2.24, 2.45) is 0 Å². The molecule has 0 bridgehead atoms. The molecule has 0 saturated heterocycles. The number of nitrogens with two attached hydrogens (primary N) is 1. The smallest absolute Gasteiger partial charge is 0.270 e. The molecule has 0 saturated carbocycles. The summed E-state index contributed by atoms with van der Waals surface area (Å²) in [5.74, 6) is 0. The van der Waals surface area contributed by atoms with Gasteiger partial charge in [0, 0.05) is 64.2 Å². The molecule has 12 rings (SSSR count). The fourth-order valence-electron chi connectivity index (χ4n) is 11.0. The highest BCUT2D eigenvalue weighted by atomic mass is 16.6. The Balaban J connectivity index is 0.000000169. The predicted molar refractivity (Wildman–Crippen MR) is 322 cm³/mol. The number of nitro benzene ring substituents is 1. The minimum absolute atomic E-state index is 0.00395. The van der Waals surface area contributed by atoms with Crippen LogP contribution in [0.1, 0.15) is 33.4 Å². The van der Waals surface area contributed by atoms with Crippen LogP contribution in [0.2, 0.25) is 0 Å². The number of nitrogens with zero attached hydrogens (tertiary/aromatic N) is 5. The largest absolute Gasteiger partial charge is 0.399 e. The van der Waals surface area contributed by atoms with Crippen molar-refractivity contribution in [2.45, 2.75) is 11.1 Å². The van der Waals surface area contributed by atoms with E-state index in [1.165, 1.54) is 6.07 Å². The molecule has 80 heavy (non-hydrogen) atoms. The molecule has 0 unspecified atom stereocenters. The molecule has 2 aromatic heterocycles. The van der Waals surface area contributed by atoms with E-state index in [4.69, 9.17) is 15.9 Å². The molecule has 2 heterocycles. The Morgan fingerprint density at radius 1 is 0.425 bits per heavy atom. The minimum Gasteiger partial charge on any atom is -0.399 e. The fraction of sp³-hybridized carbons (Fsp3) is 0.0882. The number of benzene rings is 10. The maximum atomic E-state index is 11.9. The summed E-state index contributed by atoms with van der Waals surface area (Å²) in [6.45, 7) is 1.05. The first kappa shape index (κ1) is 51.9. The van der Waals surface area contributed by atoms with Gasteiger partial charge in [-0.05, 0) is 81.9 Å². The van der Waals surface area contributed by atoms with Gasteiger partial charge in [-0.2, -0.15) is 10.2 Å². The summed E-state index contributed by atoms with van der Waals surface area (Å²) in [5, 5.41) is 48.9. The van der Waals surface area contributed by atoms with Gasteiger partial charge < -0.3 is 26.6 Å². The second kappa shape index (κ2) is 23.2. The number of non-ortho nitro benzene ring substituents is 1. The zero-order chi connectivity index (χ0) is 54.9. The molecule has 0 spiro atoms. The number of nitrogen functional groups attached to an aromatic ring is 1. The van der Waals surface area contributed by atoms with E-state index in [9.17, 15) is 20.3 Å². The van der Waals surface area contributed by atoms with Crippen molar-refractivity contribution in [3.63, 3.8) is 0 Å². The molecule has 12 aromatic rings. The lowest BCUT2D eigenvalue weighted by atomic mass is 9.77. The molecule has 0 aliphatic rings. The van der Waals surface area contributed by atoms with E-state index in [0.717, 1.165) is 78.0 Å². The average molecular weight is 1050 g/mol. The van der Waals surface area contributed by atoms with Crippen LogP contribution in [0.4, 0.5) is 22.7 Å². The van der Waals surface area contributed by atoms with Crippen LogP contribution in [0.3, 0.4) is 0 Å². The Morgan fingerprint density at radius 3 is 1.05 bits per heavy atom. The summed E-state index contributed by atoms with van der Waals surface area (Å²) < 4.78 is 4.17. The summed E-state index contributed by atoms with van der Waals surface area (Å²) in [4.78, 5) is 11.5. The average Bonchev–Trinajstić information content (AvgIpc) is 4.11. The maximum Gasteiger partial charge on any atom is 0.270 e. The maximum absolute atomic E-state index is 11.9. The number of nitrogens with one attached hydrogen (secondary N) is 2. The van der Waals surface area contributed by atoms with Gasteiger partial charge in [0.25, 0.3) is 5.69 Å². The molecule has 0 fully saturated rings. The van der Waals surface area contributed by atoms with Crippen LogP contribution < -0.4 is 16.4 Å². The molecule has 0 aliphatic carbocycles. The lowest BCUT2D eigenvalue weighted by Crippen LogP contribution is -2.38. The Bertz CT molecular complexity index is 3800. The van der Waals surface area contributed by atoms with Crippen LogP contribution in [-0.4, -0.2) is 61.0 Å². The Labute approximate surface area is 463 Å². The zero-order valence-corrected chi connectivity index (χ0v) is 43.8. The molecule has 0 atom stereocenters. The number of fused-ring (bicyclic) bond motifs is 2. The first-order chi connectivity index (χ1) is 39.3. The summed E-state index contributed by atoms with van der Waals surface area (Å²) in [6.07, 6.45) is 0. The topological polar surface area (TPSA) is 169 Å². The van der Waals surface area contributed by atoms with Crippen LogP contribution in [0.25, 0.3) is 44.3 Å². The molecule has 10 aromatic carbocycles. The second-order valence-electron chi connectivity index (χ2n) is 19.3. The molecule has 394 valence electrons. The van der Waals surface area contributed by atoms with E-state index in [1.807, 2.05) is 126 Å². The van der Waals surface area contributed by atoms with Crippen LogP contribution >= 0.6 is 0 Å². The van der Waals surface area contributed by atoms with E-state index in [2.05, 4.69) is 143 Å². The molecular weight excluding hydrogens is 993 g/mol. The van der Waals surface area contributed by atoms with E-state index >= 15 is 0 Å². The lowest BCUT2D eigenvalue weighted by Gasteiger charge is -2.37. The molecule has 12 heteroatoms. The number of aromatic nitrogens is 4. The second-order valence-corrected chi connectivity index (χ2v) is 19.3.